The second-order valence-corrected chi connectivity index (χ2v) is 4.59. The Labute approximate surface area is 117 Å². The molecule has 0 radical (unpaired) electrons. The van der Waals surface area contributed by atoms with Gasteiger partial charge < -0.3 is 5.32 Å². The standard InChI is InChI=1S/C14H16N4O2/c1-10(12-4-3-5-13(8-12)18(19)20)17-11(2)14-9-15-6-7-16-14/h3-11,17H,1-2H3. The molecule has 0 aliphatic heterocycles. The summed E-state index contributed by atoms with van der Waals surface area (Å²) in [4.78, 5) is 18.7. The zero-order valence-corrected chi connectivity index (χ0v) is 11.4. The second kappa shape index (κ2) is 6.21. The van der Waals surface area contributed by atoms with Gasteiger partial charge in [-0.2, -0.15) is 0 Å². The first-order valence-corrected chi connectivity index (χ1v) is 6.34. The number of hydrogen-bond donors (Lipinski definition) is 1. The summed E-state index contributed by atoms with van der Waals surface area (Å²) in [5, 5.41) is 14.1. The average molecular weight is 272 g/mol. The number of nitrogens with zero attached hydrogens (tertiary/aromatic N) is 3. The molecule has 0 aliphatic carbocycles. The van der Waals surface area contributed by atoms with Crippen molar-refractivity contribution in [2.75, 3.05) is 0 Å². The van der Waals surface area contributed by atoms with Crippen molar-refractivity contribution in [3.8, 4) is 0 Å². The molecule has 0 saturated heterocycles. The van der Waals surface area contributed by atoms with Crippen LogP contribution in [0.4, 0.5) is 5.69 Å². The molecule has 0 aliphatic rings. The number of nitrogens with one attached hydrogen (secondary N) is 1. The number of nitro groups is 1. The van der Waals surface area contributed by atoms with Gasteiger partial charge in [-0.1, -0.05) is 12.1 Å². The number of benzene rings is 1. The van der Waals surface area contributed by atoms with Crippen LogP contribution < -0.4 is 5.32 Å². The fraction of sp³-hybridized carbons (Fsp3) is 0.286. The van der Waals surface area contributed by atoms with Crippen molar-refractivity contribution in [1.29, 1.82) is 0 Å². The molecule has 0 fully saturated rings. The molecule has 0 amide bonds. The largest absolute Gasteiger partial charge is 0.302 e. The van der Waals surface area contributed by atoms with Crippen molar-refractivity contribution in [1.82, 2.24) is 15.3 Å². The lowest BCUT2D eigenvalue weighted by Crippen LogP contribution is -2.23. The molecule has 1 aromatic heterocycles. The van der Waals surface area contributed by atoms with E-state index >= 15 is 0 Å². The van der Waals surface area contributed by atoms with Crippen molar-refractivity contribution in [3.05, 3.63) is 64.2 Å². The summed E-state index contributed by atoms with van der Waals surface area (Å²) < 4.78 is 0. The summed E-state index contributed by atoms with van der Waals surface area (Å²) in [7, 11) is 0. The zero-order valence-electron chi connectivity index (χ0n) is 11.4. The summed E-state index contributed by atoms with van der Waals surface area (Å²) in [6.45, 7) is 3.95. The van der Waals surface area contributed by atoms with Gasteiger partial charge in [-0.3, -0.25) is 20.1 Å². The monoisotopic (exact) mass is 272 g/mol. The summed E-state index contributed by atoms with van der Waals surface area (Å²) in [6, 6.07) is 6.63. The Kier molecular flexibility index (Phi) is 4.37. The highest BCUT2D eigenvalue weighted by atomic mass is 16.6. The minimum atomic E-state index is -0.387. The maximum Gasteiger partial charge on any atom is 0.269 e. The molecule has 20 heavy (non-hydrogen) atoms. The van der Waals surface area contributed by atoms with Crippen LogP contribution in [-0.4, -0.2) is 14.9 Å². The van der Waals surface area contributed by atoms with Crippen molar-refractivity contribution < 1.29 is 4.92 Å². The van der Waals surface area contributed by atoms with Crippen LogP contribution in [0.1, 0.15) is 37.2 Å². The first kappa shape index (κ1) is 14.1. The first-order valence-electron chi connectivity index (χ1n) is 6.34. The van der Waals surface area contributed by atoms with Gasteiger partial charge in [-0.25, -0.2) is 0 Å². The van der Waals surface area contributed by atoms with E-state index in [2.05, 4.69) is 15.3 Å². The highest BCUT2D eigenvalue weighted by Crippen LogP contribution is 2.21. The second-order valence-electron chi connectivity index (χ2n) is 4.59. The third kappa shape index (κ3) is 3.36. The summed E-state index contributed by atoms with van der Waals surface area (Å²) in [5.74, 6) is 0. The highest BCUT2D eigenvalue weighted by molar-refractivity contribution is 5.35. The van der Waals surface area contributed by atoms with Crippen molar-refractivity contribution in [2.24, 2.45) is 0 Å². The van der Waals surface area contributed by atoms with E-state index in [1.54, 1.807) is 30.7 Å². The van der Waals surface area contributed by atoms with Gasteiger partial charge in [-0.15, -0.1) is 0 Å². The van der Waals surface area contributed by atoms with Crippen LogP contribution in [0, 0.1) is 10.1 Å². The average Bonchev–Trinajstić information content (AvgIpc) is 2.48. The lowest BCUT2D eigenvalue weighted by molar-refractivity contribution is -0.384. The van der Waals surface area contributed by atoms with Crippen LogP contribution >= 0.6 is 0 Å². The maximum absolute atomic E-state index is 10.8. The molecule has 1 heterocycles. The summed E-state index contributed by atoms with van der Waals surface area (Å²) in [5.41, 5.74) is 1.81. The predicted octanol–water partition coefficient (Wildman–Crippen LogP) is 2.80. The van der Waals surface area contributed by atoms with Crippen LogP contribution in [-0.2, 0) is 0 Å². The van der Waals surface area contributed by atoms with Crippen LogP contribution in [0.2, 0.25) is 0 Å². The van der Waals surface area contributed by atoms with Gasteiger partial charge in [0.25, 0.3) is 5.69 Å². The van der Waals surface area contributed by atoms with E-state index in [0.29, 0.717) is 0 Å². The van der Waals surface area contributed by atoms with Crippen LogP contribution in [0.15, 0.2) is 42.9 Å². The molecule has 6 nitrogen and oxygen atoms in total. The molecule has 6 heteroatoms. The molecule has 104 valence electrons. The van der Waals surface area contributed by atoms with E-state index < -0.39 is 0 Å². The van der Waals surface area contributed by atoms with Crippen molar-refractivity contribution in [2.45, 2.75) is 25.9 Å². The van der Waals surface area contributed by atoms with E-state index in [4.69, 9.17) is 0 Å². The lowest BCUT2D eigenvalue weighted by Gasteiger charge is -2.19. The van der Waals surface area contributed by atoms with Crippen molar-refractivity contribution >= 4 is 5.69 Å². The first-order chi connectivity index (χ1) is 9.58. The molecule has 1 N–H and O–H groups in total. The minimum Gasteiger partial charge on any atom is -0.302 e. The molecule has 2 rings (SSSR count). The van der Waals surface area contributed by atoms with Gasteiger partial charge in [0, 0.05) is 42.8 Å². The highest BCUT2D eigenvalue weighted by Gasteiger charge is 2.14. The topological polar surface area (TPSA) is 81.0 Å². The van der Waals surface area contributed by atoms with Gasteiger partial charge in [0.1, 0.15) is 0 Å². The number of rotatable bonds is 5. The van der Waals surface area contributed by atoms with Gasteiger partial charge >= 0.3 is 0 Å². The van der Waals surface area contributed by atoms with Gasteiger partial charge in [0.2, 0.25) is 0 Å². The van der Waals surface area contributed by atoms with Crippen LogP contribution in [0.3, 0.4) is 0 Å². The molecular formula is C14H16N4O2. The fourth-order valence-corrected chi connectivity index (χ4v) is 2.00. The summed E-state index contributed by atoms with van der Waals surface area (Å²) in [6.07, 6.45) is 4.98. The quantitative estimate of drug-likeness (QED) is 0.668. The van der Waals surface area contributed by atoms with Gasteiger partial charge in [0.05, 0.1) is 10.6 Å². The maximum atomic E-state index is 10.8. The predicted molar refractivity (Wildman–Crippen MR) is 75.1 cm³/mol. The van der Waals surface area contributed by atoms with Crippen molar-refractivity contribution in [3.63, 3.8) is 0 Å². The smallest absolute Gasteiger partial charge is 0.269 e. The Hall–Kier alpha value is -2.34. The zero-order chi connectivity index (χ0) is 14.5. The third-order valence-electron chi connectivity index (χ3n) is 3.11. The number of non-ortho nitro benzene ring substituents is 1. The third-order valence-corrected chi connectivity index (χ3v) is 3.11. The molecule has 0 bridgehead atoms. The van der Waals surface area contributed by atoms with Crippen LogP contribution in [0.25, 0.3) is 0 Å². The van der Waals surface area contributed by atoms with Gasteiger partial charge in [0.15, 0.2) is 0 Å². The Morgan fingerprint density at radius 2 is 2.05 bits per heavy atom. The minimum absolute atomic E-state index is 0.0120. The molecule has 2 aromatic rings. The Balaban J connectivity index is 2.10. The Morgan fingerprint density at radius 3 is 2.70 bits per heavy atom. The SMILES string of the molecule is CC(NC(C)c1cnccn1)c1cccc([N+](=O)[O-])c1. The van der Waals surface area contributed by atoms with E-state index in [-0.39, 0.29) is 22.7 Å². The molecule has 2 atom stereocenters. The number of nitro benzene ring substituents is 1. The molecule has 0 spiro atoms. The summed E-state index contributed by atoms with van der Waals surface area (Å²) >= 11 is 0. The molecular weight excluding hydrogens is 256 g/mol. The van der Waals surface area contributed by atoms with E-state index in [0.717, 1.165) is 11.3 Å². The number of aromatic nitrogens is 2. The number of hydrogen-bond acceptors (Lipinski definition) is 5. The Morgan fingerprint density at radius 1 is 1.25 bits per heavy atom. The normalized spacial score (nSPS) is 13.7. The van der Waals surface area contributed by atoms with Gasteiger partial charge in [-0.05, 0) is 19.4 Å². The van der Waals surface area contributed by atoms with Crippen LogP contribution in [0.5, 0.6) is 0 Å². The Bertz CT molecular complexity index is 589. The molecule has 1 aromatic carbocycles. The van der Waals surface area contributed by atoms with E-state index in [1.165, 1.54) is 6.07 Å². The fourth-order valence-electron chi connectivity index (χ4n) is 2.00. The molecule has 2 unspecified atom stereocenters. The van der Waals surface area contributed by atoms with E-state index in [1.807, 2.05) is 19.9 Å². The lowest BCUT2D eigenvalue weighted by atomic mass is 10.1. The van der Waals surface area contributed by atoms with E-state index in [9.17, 15) is 10.1 Å². The molecule has 0 saturated carbocycles.